The number of hydrogen-bond donors (Lipinski definition) is 2. The molecule has 0 radical (unpaired) electrons. The Morgan fingerprint density at radius 2 is 1.78 bits per heavy atom. The summed E-state index contributed by atoms with van der Waals surface area (Å²) >= 11 is 17.4. The highest BCUT2D eigenvalue weighted by molar-refractivity contribution is 7.92. The van der Waals surface area contributed by atoms with E-state index < -0.39 is 10.0 Å². The largest absolute Gasteiger partial charge is 0.297 e. The Hall–Kier alpha value is -1.02. The molecule has 0 aliphatic rings. The molecule has 0 fully saturated rings. The highest BCUT2D eigenvalue weighted by Gasteiger charge is 2.19. The maximum absolute atomic E-state index is 11.8. The van der Waals surface area contributed by atoms with Crippen LogP contribution in [0.25, 0.3) is 0 Å². The number of rotatable bonds is 3. The molecule has 0 unspecified atom stereocenters. The Morgan fingerprint density at radius 1 is 1.11 bits per heavy atom. The average molecular weight is 328 g/mol. The molecule has 10 heteroatoms. The summed E-state index contributed by atoms with van der Waals surface area (Å²) in [4.78, 5) is 3.53. The molecule has 1 heterocycles. The summed E-state index contributed by atoms with van der Waals surface area (Å²) in [7, 11) is -3.89. The Labute approximate surface area is 117 Å². The first kappa shape index (κ1) is 13.4. The summed E-state index contributed by atoms with van der Waals surface area (Å²) in [6, 6.07) is 2.64. The summed E-state index contributed by atoms with van der Waals surface area (Å²) in [5.41, 5.74) is 0.0995. The van der Waals surface area contributed by atoms with Crippen LogP contribution in [0.4, 0.5) is 5.69 Å². The molecule has 2 rings (SSSR count). The summed E-state index contributed by atoms with van der Waals surface area (Å²) in [6.45, 7) is 0. The fourth-order valence-corrected chi connectivity index (χ4v) is 2.68. The van der Waals surface area contributed by atoms with E-state index in [0.717, 1.165) is 6.33 Å². The second kappa shape index (κ2) is 4.93. The molecular formula is C8H5Cl3N4O2S. The molecule has 0 amide bonds. The van der Waals surface area contributed by atoms with Gasteiger partial charge in [-0.2, -0.15) is 13.5 Å². The van der Waals surface area contributed by atoms with E-state index in [1.807, 2.05) is 0 Å². The molecule has 96 valence electrons. The fourth-order valence-electron chi connectivity index (χ4n) is 1.12. The molecule has 6 nitrogen and oxygen atoms in total. The lowest BCUT2D eigenvalue weighted by molar-refractivity contribution is 0.593. The van der Waals surface area contributed by atoms with E-state index in [1.165, 1.54) is 12.1 Å². The van der Waals surface area contributed by atoms with Crippen LogP contribution in [0.3, 0.4) is 0 Å². The minimum absolute atomic E-state index is 0.0995. The van der Waals surface area contributed by atoms with Crippen LogP contribution in [0.5, 0.6) is 0 Å². The normalized spacial score (nSPS) is 11.5. The quantitative estimate of drug-likeness (QED) is 0.848. The number of aromatic amines is 1. The third-order valence-corrected chi connectivity index (χ3v) is 4.13. The Balaban J connectivity index is 2.39. The third kappa shape index (κ3) is 2.69. The van der Waals surface area contributed by atoms with Crippen LogP contribution in [-0.2, 0) is 10.0 Å². The Kier molecular flexibility index (Phi) is 3.67. The average Bonchev–Trinajstić information content (AvgIpc) is 2.79. The number of H-pyrrole nitrogens is 1. The van der Waals surface area contributed by atoms with Gasteiger partial charge in [-0.25, -0.2) is 10.1 Å². The number of nitrogens with one attached hydrogen (secondary N) is 2. The topological polar surface area (TPSA) is 87.7 Å². The van der Waals surface area contributed by atoms with Crippen LogP contribution in [0.2, 0.25) is 15.1 Å². The highest BCUT2D eigenvalue weighted by atomic mass is 35.5. The minimum atomic E-state index is -3.89. The van der Waals surface area contributed by atoms with Gasteiger partial charge in [0.2, 0.25) is 0 Å². The van der Waals surface area contributed by atoms with Crippen molar-refractivity contribution < 1.29 is 8.42 Å². The second-order valence-corrected chi connectivity index (χ2v) is 5.96. The SMILES string of the molecule is O=S(=O)(Nc1cc(Cl)c(Cl)cc1Cl)c1ncn[nH]1. The Bertz CT molecular complexity index is 672. The molecule has 2 aromatic rings. The van der Waals surface area contributed by atoms with Crippen LogP contribution < -0.4 is 4.72 Å². The number of nitrogens with zero attached hydrogens (tertiary/aromatic N) is 2. The van der Waals surface area contributed by atoms with Crippen LogP contribution in [0.15, 0.2) is 23.6 Å². The van der Waals surface area contributed by atoms with Crippen LogP contribution in [0.1, 0.15) is 0 Å². The first-order chi connectivity index (χ1) is 8.40. The lowest BCUT2D eigenvalue weighted by Crippen LogP contribution is -2.15. The standard InChI is InChI=1S/C8H5Cl3N4O2S/c9-4-1-6(11)7(2-5(4)10)15-18(16,17)8-12-3-13-14-8/h1-3,15H,(H,12,13,14). The predicted molar refractivity (Wildman–Crippen MR) is 68.7 cm³/mol. The van der Waals surface area contributed by atoms with Crippen LogP contribution in [0, 0.1) is 0 Å². The van der Waals surface area contributed by atoms with E-state index in [0.29, 0.717) is 0 Å². The van der Waals surface area contributed by atoms with Gasteiger partial charge in [0.25, 0.3) is 15.2 Å². The summed E-state index contributed by atoms with van der Waals surface area (Å²) < 4.78 is 25.9. The van der Waals surface area contributed by atoms with Gasteiger partial charge in [0, 0.05) is 0 Å². The smallest absolute Gasteiger partial charge is 0.275 e. The molecule has 0 aliphatic carbocycles. The van der Waals surface area contributed by atoms with Crippen molar-refractivity contribution in [2.45, 2.75) is 5.16 Å². The zero-order valence-electron chi connectivity index (χ0n) is 8.49. The monoisotopic (exact) mass is 326 g/mol. The van der Waals surface area contributed by atoms with Crippen LogP contribution in [-0.4, -0.2) is 23.6 Å². The van der Waals surface area contributed by atoms with Gasteiger partial charge in [-0.15, -0.1) is 0 Å². The third-order valence-electron chi connectivity index (χ3n) is 1.90. The highest BCUT2D eigenvalue weighted by Crippen LogP contribution is 2.33. The van der Waals surface area contributed by atoms with E-state index in [-0.39, 0.29) is 25.9 Å². The van der Waals surface area contributed by atoms with Gasteiger partial charge in [0.05, 0.1) is 20.8 Å². The zero-order chi connectivity index (χ0) is 13.3. The fraction of sp³-hybridized carbons (Fsp3) is 0. The van der Waals surface area contributed by atoms with Crippen molar-refractivity contribution in [3.05, 3.63) is 33.5 Å². The van der Waals surface area contributed by atoms with Crippen molar-refractivity contribution in [2.24, 2.45) is 0 Å². The van der Waals surface area contributed by atoms with E-state index >= 15 is 0 Å². The summed E-state index contributed by atoms with van der Waals surface area (Å²) in [5.74, 6) is 0. The maximum Gasteiger partial charge on any atom is 0.297 e. The van der Waals surface area contributed by atoms with E-state index in [4.69, 9.17) is 34.8 Å². The molecule has 1 aromatic heterocycles. The number of hydrogen-bond acceptors (Lipinski definition) is 4. The van der Waals surface area contributed by atoms with Crippen molar-refractivity contribution in [1.29, 1.82) is 0 Å². The molecular weight excluding hydrogens is 323 g/mol. The molecule has 0 atom stereocenters. The van der Waals surface area contributed by atoms with E-state index in [9.17, 15) is 8.42 Å². The van der Waals surface area contributed by atoms with Gasteiger partial charge in [0.1, 0.15) is 6.33 Å². The summed E-state index contributed by atoms with van der Waals surface area (Å²) in [6.07, 6.45) is 1.07. The Morgan fingerprint density at radius 3 is 2.39 bits per heavy atom. The number of halogens is 3. The molecule has 18 heavy (non-hydrogen) atoms. The van der Waals surface area contributed by atoms with Crippen molar-refractivity contribution in [1.82, 2.24) is 15.2 Å². The first-order valence-corrected chi connectivity index (χ1v) is 7.04. The molecule has 0 aliphatic heterocycles. The van der Waals surface area contributed by atoms with Gasteiger partial charge in [-0.1, -0.05) is 34.8 Å². The maximum atomic E-state index is 11.8. The van der Waals surface area contributed by atoms with Crippen molar-refractivity contribution >= 4 is 50.5 Å². The van der Waals surface area contributed by atoms with Gasteiger partial charge >= 0.3 is 0 Å². The van der Waals surface area contributed by atoms with Crippen LogP contribution >= 0.6 is 34.8 Å². The predicted octanol–water partition coefficient (Wildman–Crippen LogP) is 2.57. The minimum Gasteiger partial charge on any atom is -0.275 e. The second-order valence-electron chi connectivity index (χ2n) is 3.14. The van der Waals surface area contributed by atoms with Gasteiger partial charge < -0.3 is 0 Å². The van der Waals surface area contributed by atoms with Crippen molar-refractivity contribution in [2.75, 3.05) is 4.72 Å². The van der Waals surface area contributed by atoms with Gasteiger partial charge in [0.15, 0.2) is 0 Å². The molecule has 0 saturated heterocycles. The van der Waals surface area contributed by atoms with E-state index in [1.54, 1.807) is 0 Å². The molecule has 0 spiro atoms. The first-order valence-electron chi connectivity index (χ1n) is 4.43. The van der Waals surface area contributed by atoms with Gasteiger partial charge in [-0.3, -0.25) is 4.72 Å². The van der Waals surface area contributed by atoms with Gasteiger partial charge in [-0.05, 0) is 12.1 Å². The zero-order valence-corrected chi connectivity index (χ0v) is 11.6. The molecule has 0 bridgehead atoms. The summed E-state index contributed by atoms with van der Waals surface area (Å²) in [5, 5.41) is 5.87. The number of sulfonamides is 1. The number of anilines is 1. The number of aromatic nitrogens is 3. The molecule has 1 aromatic carbocycles. The van der Waals surface area contributed by atoms with Crippen molar-refractivity contribution in [3.63, 3.8) is 0 Å². The molecule has 2 N–H and O–H groups in total. The van der Waals surface area contributed by atoms with E-state index in [2.05, 4.69) is 19.9 Å². The number of benzene rings is 1. The lowest BCUT2D eigenvalue weighted by atomic mass is 10.3. The molecule has 0 saturated carbocycles. The van der Waals surface area contributed by atoms with Crippen molar-refractivity contribution in [3.8, 4) is 0 Å². The lowest BCUT2D eigenvalue weighted by Gasteiger charge is -2.08.